The van der Waals surface area contributed by atoms with Crippen molar-refractivity contribution < 1.29 is 4.39 Å². The van der Waals surface area contributed by atoms with Crippen LogP contribution in [0.1, 0.15) is 5.56 Å². The van der Waals surface area contributed by atoms with E-state index in [1.807, 2.05) is 24.3 Å². The molecule has 19 heavy (non-hydrogen) atoms. The monoisotopic (exact) mass is 319 g/mol. The van der Waals surface area contributed by atoms with Crippen LogP contribution in [0.5, 0.6) is 0 Å². The van der Waals surface area contributed by atoms with Gasteiger partial charge in [-0.15, -0.1) is 0 Å². The van der Waals surface area contributed by atoms with Gasteiger partial charge in [0.05, 0.1) is 11.0 Å². The van der Waals surface area contributed by atoms with Gasteiger partial charge in [0, 0.05) is 16.6 Å². The lowest BCUT2D eigenvalue weighted by Gasteiger charge is -2.05. The lowest BCUT2D eigenvalue weighted by Crippen LogP contribution is -2.03. The van der Waals surface area contributed by atoms with E-state index in [-0.39, 0.29) is 5.82 Å². The van der Waals surface area contributed by atoms with Gasteiger partial charge < -0.3 is 10.3 Å². The predicted octanol–water partition coefficient (Wildman–Crippen LogP) is 4.08. The standard InChI is InChI=1S/C14H11BrFN3/c15-10-5-6-11(16)9(7-10)8-17-14-18-12-3-1-2-4-13(12)19-14/h1-7H,8H2,(H2,17,18,19). The summed E-state index contributed by atoms with van der Waals surface area (Å²) in [5.41, 5.74) is 2.44. The van der Waals surface area contributed by atoms with Crippen LogP contribution in [0.4, 0.5) is 10.3 Å². The molecule has 0 aliphatic heterocycles. The zero-order valence-corrected chi connectivity index (χ0v) is 11.5. The number of aromatic nitrogens is 2. The van der Waals surface area contributed by atoms with Crippen LogP contribution in [0.25, 0.3) is 11.0 Å². The van der Waals surface area contributed by atoms with Gasteiger partial charge in [0.25, 0.3) is 0 Å². The first-order valence-electron chi connectivity index (χ1n) is 5.85. The van der Waals surface area contributed by atoms with Crippen molar-refractivity contribution in [2.45, 2.75) is 6.54 Å². The molecule has 0 spiro atoms. The van der Waals surface area contributed by atoms with Gasteiger partial charge in [-0.25, -0.2) is 9.37 Å². The average molecular weight is 320 g/mol. The van der Waals surface area contributed by atoms with Gasteiger partial charge in [0.1, 0.15) is 5.82 Å². The largest absolute Gasteiger partial charge is 0.352 e. The molecule has 0 bridgehead atoms. The molecule has 0 aliphatic rings. The van der Waals surface area contributed by atoms with Crippen molar-refractivity contribution in [3.05, 3.63) is 58.3 Å². The molecule has 1 heterocycles. The molecule has 0 fully saturated rings. The van der Waals surface area contributed by atoms with Gasteiger partial charge in [-0.1, -0.05) is 28.1 Å². The fourth-order valence-corrected chi connectivity index (χ4v) is 2.30. The normalized spacial score (nSPS) is 10.8. The number of aromatic amines is 1. The maximum Gasteiger partial charge on any atom is 0.201 e. The molecule has 5 heteroatoms. The zero-order valence-electron chi connectivity index (χ0n) is 9.95. The summed E-state index contributed by atoms with van der Waals surface area (Å²) in [7, 11) is 0. The van der Waals surface area contributed by atoms with Crippen LogP contribution in [-0.2, 0) is 6.54 Å². The highest BCUT2D eigenvalue weighted by Gasteiger charge is 2.05. The fourth-order valence-electron chi connectivity index (χ4n) is 1.89. The number of imidazole rings is 1. The van der Waals surface area contributed by atoms with Gasteiger partial charge >= 0.3 is 0 Å². The van der Waals surface area contributed by atoms with E-state index in [0.717, 1.165) is 15.5 Å². The van der Waals surface area contributed by atoms with Crippen molar-refractivity contribution in [3.63, 3.8) is 0 Å². The van der Waals surface area contributed by atoms with Crippen LogP contribution in [0.3, 0.4) is 0 Å². The predicted molar refractivity (Wildman–Crippen MR) is 77.5 cm³/mol. The van der Waals surface area contributed by atoms with Gasteiger partial charge in [-0.3, -0.25) is 0 Å². The minimum absolute atomic E-state index is 0.230. The lowest BCUT2D eigenvalue weighted by atomic mass is 10.2. The Hall–Kier alpha value is -1.88. The van der Waals surface area contributed by atoms with E-state index in [4.69, 9.17) is 0 Å². The average Bonchev–Trinajstić information content (AvgIpc) is 2.82. The molecular formula is C14H11BrFN3. The third-order valence-corrected chi connectivity index (χ3v) is 3.34. The number of rotatable bonds is 3. The highest BCUT2D eigenvalue weighted by Crippen LogP contribution is 2.18. The molecule has 0 amide bonds. The van der Waals surface area contributed by atoms with Crippen molar-refractivity contribution in [1.82, 2.24) is 9.97 Å². The third kappa shape index (κ3) is 2.61. The highest BCUT2D eigenvalue weighted by molar-refractivity contribution is 9.10. The lowest BCUT2D eigenvalue weighted by molar-refractivity contribution is 0.612. The van der Waals surface area contributed by atoms with Crippen molar-refractivity contribution in [2.24, 2.45) is 0 Å². The Kier molecular flexibility index (Phi) is 3.21. The molecule has 0 aliphatic carbocycles. The van der Waals surface area contributed by atoms with Gasteiger partial charge in [-0.05, 0) is 30.3 Å². The van der Waals surface area contributed by atoms with Crippen molar-refractivity contribution in [1.29, 1.82) is 0 Å². The number of anilines is 1. The molecule has 3 rings (SSSR count). The number of halogens is 2. The minimum atomic E-state index is -0.230. The Bertz CT molecular complexity index is 691. The summed E-state index contributed by atoms with van der Waals surface area (Å²) >= 11 is 3.33. The zero-order chi connectivity index (χ0) is 13.2. The van der Waals surface area contributed by atoms with Gasteiger partial charge in [0.15, 0.2) is 0 Å². The Morgan fingerprint density at radius 1 is 1.21 bits per heavy atom. The molecular weight excluding hydrogens is 309 g/mol. The van der Waals surface area contributed by atoms with Crippen LogP contribution in [0.15, 0.2) is 46.9 Å². The van der Waals surface area contributed by atoms with E-state index in [1.165, 1.54) is 6.07 Å². The second kappa shape index (κ2) is 5.01. The van der Waals surface area contributed by atoms with E-state index in [0.29, 0.717) is 18.1 Å². The molecule has 0 saturated carbocycles. The summed E-state index contributed by atoms with van der Waals surface area (Å²) < 4.78 is 14.4. The first-order chi connectivity index (χ1) is 9.22. The Labute approximate surface area is 118 Å². The number of fused-ring (bicyclic) bond motifs is 1. The Morgan fingerprint density at radius 2 is 2.05 bits per heavy atom. The highest BCUT2D eigenvalue weighted by atomic mass is 79.9. The van der Waals surface area contributed by atoms with Crippen molar-refractivity contribution in [2.75, 3.05) is 5.32 Å². The van der Waals surface area contributed by atoms with Crippen molar-refractivity contribution in [3.8, 4) is 0 Å². The maximum atomic E-state index is 13.6. The van der Waals surface area contributed by atoms with Gasteiger partial charge in [0.2, 0.25) is 5.95 Å². The SMILES string of the molecule is Fc1ccc(Br)cc1CNc1nc2ccccc2[nH]1. The van der Waals surface area contributed by atoms with Crippen LogP contribution in [-0.4, -0.2) is 9.97 Å². The van der Waals surface area contributed by atoms with Crippen LogP contribution < -0.4 is 5.32 Å². The molecule has 0 atom stereocenters. The smallest absolute Gasteiger partial charge is 0.201 e. The number of nitrogens with zero attached hydrogens (tertiary/aromatic N) is 1. The summed E-state index contributed by atoms with van der Waals surface area (Å²) in [5, 5.41) is 3.09. The van der Waals surface area contributed by atoms with Crippen LogP contribution >= 0.6 is 15.9 Å². The number of para-hydroxylation sites is 2. The van der Waals surface area contributed by atoms with E-state index in [2.05, 4.69) is 31.2 Å². The number of nitrogens with one attached hydrogen (secondary N) is 2. The number of hydrogen-bond donors (Lipinski definition) is 2. The first-order valence-corrected chi connectivity index (χ1v) is 6.64. The molecule has 2 aromatic carbocycles. The summed E-state index contributed by atoms with van der Waals surface area (Å²) in [5.74, 6) is 0.410. The summed E-state index contributed by atoms with van der Waals surface area (Å²) in [6.45, 7) is 0.380. The molecule has 1 aromatic heterocycles. The fraction of sp³-hybridized carbons (Fsp3) is 0.0714. The Morgan fingerprint density at radius 3 is 2.89 bits per heavy atom. The van der Waals surface area contributed by atoms with E-state index in [9.17, 15) is 4.39 Å². The number of benzene rings is 2. The molecule has 96 valence electrons. The summed E-state index contributed by atoms with van der Waals surface area (Å²) in [4.78, 5) is 7.52. The topological polar surface area (TPSA) is 40.7 Å². The van der Waals surface area contributed by atoms with Crippen molar-refractivity contribution >= 4 is 32.9 Å². The van der Waals surface area contributed by atoms with E-state index in [1.54, 1.807) is 12.1 Å². The van der Waals surface area contributed by atoms with Crippen LogP contribution in [0.2, 0.25) is 0 Å². The molecule has 0 radical (unpaired) electrons. The number of H-pyrrole nitrogens is 1. The van der Waals surface area contributed by atoms with Gasteiger partial charge in [-0.2, -0.15) is 0 Å². The summed E-state index contributed by atoms with van der Waals surface area (Å²) in [6.07, 6.45) is 0. The molecule has 0 unspecified atom stereocenters. The molecule has 2 N–H and O–H groups in total. The first kappa shape index (κ1) is 12.2. The second-order valence-corrected chi connectivity index (χ2v) is 5.11. The maximum absolute atomic E-state index is 13.6. The van der Waals surface area contributed by atoms with Crippen LogP contribution in [0, 0.1) is 5.82 Å². The molecule has 3 aromatic rings. The van der Waals surface area contributed by atoms with E-state index >= 15 is 0 Å². The summed E-state index contributed by atoms with van der Waals surface area (Å²) in [6, 6.07) is 12.6. The Balaban J connectivity index is 1.80. The molecule has 0 saturated heterocycles. The van der Waals surface area contributed by atoms with E-state index < -0.39 is 0 Å². The quantitative estimate of drug-likeness (QED) is 0.763. The minimum Gasteiger partial charge on any atom is -0.352 e. The number of hydrogen-bond acceptors (Lipinski definition) is 2. The molecule has 3 nitrogen and oxygen atoms in total. The third-order valence-electron chi connectivity index (χ3n) is 2.84. The second-order valence-electron chi connectivity index (χ2n) is 4.19.